The molecule has 0 saturated heterocycles. The maximum Gasteiger partial charge on any atom is 0.336 e. The number of carboxylic acid groups (broad SMARTS) is 2. The zero-order valence-corrected chi connectivity index (χ0v) is 16.1. The van der Waals surface area contributed by atoms with Crippen molar-refractivity contribution in [2.75, 3.05) is 0 Å². The van der Waals surface area contributed by atoms with E-state index in [0.29, 0.717) is 23.0 Å². The summed E-state index contributed by atoms with van der Waals surface area (Å²) < 4.78 is 0. The second kappa shape index (κ2) is 10.5. The lowest BCUT2D eigenvalue weighted by Gasteiger charge is -2.05. The third-order valence-corrected chi connectivity index (χ3v) is 4.00. The van der Waals surface area contributed by atoms with Crippen LogP contribution in [0.2, 0.25) is 0 Å². The molecule has 0 bridgehead atoms. The molecule has 0 radical (unpaired) electrons. The van der Waals surface area contributed by atoms with E-state index >= 15 is 0 Å². The summed E-state index contributed by atoms with van der Waals surface area (Å²) in [6.07, 6.45) is 10.6. The minimum Gasteiger partial charge on any atom is -0.478 e. The highest BCUT2D eigenvalue weighted by Crippen LogP contribution is 2.19. The van der Waals surface area contributed by atoms with Crippen LogP contribution in [0, 0.1) is 0 Å². The Bertz CT molecular complexity index is 1050. The van der Waals surface area contributed by atoms with Crippen molar-refractivity contribution in [3.63, 3.8) is 0 Å². The topological polar surface area (TPSA) is 99.9 Å². The van der Waals surface area contributed by atoms with Crippen molar-refractivity contribution in [3.8, 4) is 0 Å². The Morgan fingerprint density at radius 2 is 1.97 bits per heavy atom. The van der Waals surface area contributed by atoms with E-state index in [2.05, 4.69) is 16.6 Å². The van der Waals surface area contributed by atoms with Gasteiger partial charge in [-0.05, 0) is 37.6 Å². The number of fused-ring (bicyclic) bond motifs is 1. The van der Waals surface area contributed by atoms with Gasteiger partial charge in [-0.3, -0.25) is 9.98 Å². The van der Waals surface area contributed by atoms with Gasteiger partial charge in [-0.25, -0.2) is 9.59 Å². The summed E-state index contributed by atoms with van der Waals surface area (Å²) in [6, 6.07) is 8.68. The van der Waals surface area contributed by atoms with Gasteiger partial charge in [-0.15, -0.1) is 0 Å². The molecule has 1 aromatic heterocycles. The number of benzene rings is 1. The predicted molar refractivity (Wildman–Crippen MR) is 114 cm³/mol. The van der Waals surface area contributed by atoms with E-state index in [1.807, 2.05) is 31.2 Å². The number of aliphatic imine (C=N–C) groups is 1. The number of hydrogen-bond acceptors (Lipinski definition) is 4. The molecule has 148 valence electrons. The van der Waals surface area contributed by atoms with Gasteiger partial charge in [-0.2, -0.15) is 0 Å². The fourth-order valence-corrected chi connectivity index (χ4v) is 2.54. The summed E-state index contributed by atoms with van der Waals surface area (Å²) in [7, 11) is 0. The van der Waals surface area contributed by atoms with Crippen LogP contribution < -0.4 is 0 Å². The third-order valence-electron chi connectivity index (χ3n) is 4.00. The van der Waals surface area contributed by atoms with Crippen LogP contribution in [0.1, 0.15) is 29.4 Å². The lowest BCUT2D eigenvalue weighted by molar-refractivity contribution is -0.132. The van der Waals surface area contributed by atoms with Crippen molar-refractivity contribution in [3.05, 3.63) is 90.2 Å². The molecule has 6 heteroatoms. The number of allylic oxidation sites excluding steroid dienone is 5. The molecule has 1 aromatic carbocycles. The van der Waals surface area contributed by atoms with Crippen molar-refractivity contribution < 1.29 is 19.8 Å². The lowest BCUT2D eigenvalue weighted by atomic mass is 10.1. The molecule has 1 heterocycles. The molecule has 0 saturated carbocycles. The van der Waals surface area contributed by atoms with E-state index in [1.165, 1.54) is 12.2 Å². The first-order valence-corrected chi connectivity index (χ1v) is 8.94. The van der Waals surface area contributed by atoms with Crippen molar-refractivity contribution in [2.24, 2.45) is 4.99 Å². The number of carbonyl (C=O) groups is 2. The fourth-order valence-electron chi connectivity index (χ4n) is 2.54. The van der Waals surface area contributed by atoms with Gasteiger partial charge < -0.3 is 10.2 Å². The highest BCUT2D eigenvalue weighted by Gasteiger charge is 2.11. The van der Waals surface area contributed by atoms with Crippen molar-refractivity contribution in [2.45, 2.75) is 19.9 Å². The summed E-state index contributed by atoms with van der Waals surface area (Å²) in [4.78, 5) is 31.2. The number of aliphatic carboxylic acids is 1. The SMILES string of the molecule is C=C/C(=C/C=C\C/C=C\C(C)=NCc1cc(C(=O)O)c2ccccc2n1)C(=O)O. The molecule has 2 rings (SSSR count). The molecule has 0 aliphatic rings. The van der Waals surface area contributed by atoms with E-state index in [1.54, 1.807) is 30.3 Å². The monoisotopic (exact) mass is 390 g/mol. The number of aromatic carboxylic acids is 1. The first-order chi connectivity index (χ1) is 13.9. The predicted octanol–water partition coefficient (Wildman–Crippen LogP) is 4.59. The van der Waals surface area contributed by atoms with Gasteiger partial charge in [0, 0.05) is 11.1 Å². The molecular formula is C23H22N2O4. The fraction of sp³-hybridized carbons (Fsp3) is 0.130. The summed E-state index contributed by atoms with van der Waals surface area (Å²) in [5, 5.41) is 18.9. The molecule has 0 aliphatic carbocycles. The summed E-state index contributed by atoms with van der Waals surface area (Å²) >= 11 is 0. The number of hydrogen-bond donors (Lipinski definition) is 2. The maximum atomic E-state index is 11.5. The van der Waals surface area contributed by atoms with E-state index < -0.39 is 11.9 Å². The van der Waals surface area contributed by atoms with Crippen molar-refractivity contribution in [1.29, 1.82) is 0 Å². The van der Waals surface area contributed by atoms with Crippen LogP contribution in [0.25, 0.3) is 10.9 Å². The number of rotatable bonds is 9. The Kier molecular flexibility index (Phi) is 7.79. The van der Waals surface area contributed by atoms with Crippen molar-refractivity contribution in [1.82, 2.24) is 4.98 Å². The molecule has 0 aliphatic heterocycles. The van der Waals surface area contributed by atoms with Crippen molar-refractivity contribution >= 4 is 28.6 Å². The maximum absolute atomic E-state index is 11.5. The van der Waals surface area contributed by atoms with Crippen LogP contribution in [-0.2, 0) is 11.3 Å². The Morgan fingerprint density at radius 1 is 1.21 bits per heavy atom. The molecule has 0 amide bonds. The van der Waals surface area contributed by atoms with E-state index in [-0.39, 0.29) is 17.7 Å². The Hall–Kier alpha value is -3.80. The van der Waals surface area contributed by atoms with Gasteiger partial charge in [0.25, 0.3) is 0 Å². The van der Waals surface area contributed by atoms with Crippen LogP contribution in [0.3, 0.4) is 0 Å². The van der Waals surface area contributed by atoms with Crippen LogP contribution >= 0.6 is 0 Å². The summed E-state index contributed by atoms with van der Waals surface area (Å²) in [5.41, 5.74) is 2.34. The third kappa shape index (κ3) is 6.39. The standard InChI is InChI=1S/C23H22N2O4/c1-3-17(22(26)27)11-7-5-4-6-10-16(2)24-15-18-14-20(23(28)29)19-12-8-9-13-21(19)25-18/h3,5-14H,1,4,15H2,2H3,(H,26,27)(H,28,29)/b7-5-,10-6-,17-11-,24-16?. The van der Waals surface area contributed by atoms with Gasteiger partial charge in [0.05, 0.1) is 28.9 Å². The smallest absolute Gasteiger partial charge is 0.336 e. The van der Waals surface area contributed by atoms with Crippen LogP contribution in [0.4, 0.5) is 0 Å². The Labute approximate surface area is 168 Å². The van der Waals surface area contributed by atoms with E-state index in [9.17, 15) is 14.7 Å². The molecule has 2 N–H and O–H groups in total. The van der Waals surface area contributed by atoms with Gasteiger partial charge in [0.1, 0.15) is 0 Å². The molecule has 6 nitrogen and oxygen atoms in total. The minimum atomic E-state index is -1.02. The van der Waals surface area contributed by atoms with Crippen LogP contribution in [0.5, 0.6) is 0 Å². The number of para-hydroxylation sites is 1. The zero-order valence-electron chi connectivity index (χ0n) is 16.1. The summed E-state index contributed by atoms with van der Waals surface area (Å²) in [6.45, 7) is 5.57. The first kappa shape index (κ1) is 21.5. The largest absolute Gasteiger partial charge is 0.478 e. The van der Waals surface area contributed by atoms with Crippen LogP contribution in [-0.4, -0.2) is 32.8 Å². The summed E-state index contributed by atoms with van der Waals surface area (Å²) in [5.74, 6) is -2.01. The second-order valence-corrected chi connectivity index (χ2v) is 6.14. The Morgan fingerprint density at radius 3 is 2.66 bits per heavy atom. The van der Waals surface area contributed by atoms with E-state index in [4.69, 9.17) is 5.11 Å². The zero-order chi connectivity index (χ0) is 21.2. The average Bonchev–Trinajstić information content (AvgIpc) is 2.70. The van der Waals surface area contributed by atoms with E-state index in [0.717, 1.165) is 5.71 Å². The highest BCUT2D eigenvalue weighted by atomic mass is 16.4. The number of carboxylic acids is 2. The molecular weight excluding hydrogens is 368 g/mol. The molecule has 2 aromatic rings. The average molecular weight is 390 g/mol. The number of aromatic nitrogens is 1. The second-order valence-electron chi connectivity index (χ2n) is 6.14. The highest BCUT2D eigenvalue weighted by molar-refractivity contribution is 6.02. The number of pyridine rings is 1. The van der Waals surface area contributed by atoms with Gasteiger partial charge >= 0.3 is 11.9 Å². The van der Waals surface area contributed by atoms with Gasteiger partial charge in [0.2, 0.25) is 0 Å². The molecule has 0 atom stereocenters. The molecule has 0 spiro atoms. The normalized spacial score (nSPS) is 12.7. The lowest BCUT2D eigenvalue weighted by Crippen LogP contribution is -2.02. The van der Waals surface area contributed by atoms with Gasteiger partial charge in [-0.1, -0.05) is 49.1 Å². The quantitative estimate of drug-likeness (QED) is 0.370. The number of nitrogens with zero attached hydrogens (tertiary/aromatic N) is 2. The molecule has 0 unspecified atom stereocenters. The molecule has 29 heavy (non-hydrogen) atoms. The van der Waals surface area contributed by atoms with Gasteiger partial charge in [0.15, 0.2) is 0 Å². The van der Waals surface area contributed by atoms with Crippen LogP contribution in [0.15, 0.2) is 83.9 Å². The minimum absolute atomic E-state index is 0.131. The Balaban J connectivity index is 2.02. The molecule has 0 fully saturated rings. The first-order valence-electron chi connectivity index (χ1n) is 8.94.